The summed E-state index contributed by atoms with van der Waals surface area (Å²) >= 11 is 0. The lowest BCUT2D eigenvalue weighted by atomic mass is 10.1. The zero-order valence-corrected chi connectivity index (χ0v) is 12.1. The van der Waals surface area contributed by atoms with E-state index in [1.165, 1.54) is 14.2 Å². The molecule has 0 radical (unpaired) electrons. The van der Waals surface area contributed by atoms with Gasteiger partial charge in [0.25, 0.3) is 5.91 Å². The van der Waals surface area contributed by atoms with Crippen molar-refractivity contribution in [3.8, 4) is 11.5 Å². The molecule has 112 valence electrons. The SMILES string of the molecule is COc1cccc(C(=O)Nc2ccnc3[nH]ncc23)c1OC. The molecule has 1 aromatic carbocycles. The fraction of sp³-hybridized carbons (Fsp3) is 0.133. The van der Waals surface area contributed by atoms with Gasteiger partial charge in [-0.2, -0.15) is 5.10 Å². The average molecular weight is 298 g/mol. The summed E-state index contributed by atoms with van der Waals surface area (Å²) in [6.45, 7) is 0. The number of amides is 1. The summed E-state index contributed by atoms with van der Waals surface area (Å²) in [5.41, 5.74) is 1.61. The van der Waals surface area contributed by atoms with Crippen LogP contribution >= 0.6 is 0 Å². The standard InChI is InChI=1S/C15H14N4O3/c1-21-12-5-3-4-9(13(12)22-2)15(20)18-11-6-7-16-14-10(11)8-17-19-14/h3-8H,1-2H3,(H2,16,17,18,19,20). The van der Waals surface area contributed by atoms with E-state index in [9.17, 15) is 4.79 Å². The quantitative estimate of drug-likeness (QED) is 0.771. The van der Waals surface area contributed by atoms with E-state index in [1.807, 2.05) is 0 Å². The highest BCUT2D eigenvalue weighted by molar-refractivity contribution is 6.10. The van der Waals surface area contributed by atoms with Crippen LogP contribution in [0.5, 0.6) is 11.5 Å². The Morgan fingerprint density at radius 3 is 2.86 bits per heavy atom. The van der Waals surface area contributed by atoms with Gasteiger partial charge in [0.05, 0.1) is 37.1 Å². The number of nitrogens with one attached hydrogen (secondary N) is 2. The van der Waals surface area contributed by atoms with E-state index < -0.39 is 0 Å². The third-order valence-corrected chi connectivity index (χ3v) is 3.25. The van der Waals surface area contributed by atoms with E-state index in [1.54, 1.807) is 36.7 Å². The maximum atomic E-state index is 12.5. The van der Waals surface area contributed by atoms with Crippen molar-refractivity contribution in [2.45, 2.75) is 0 Å². The summed E-state index contributed by atoms with van der Waals surface area (Å²) in [6.07, 6.45) is 3.21. The van der Waals surface area contributed by atoms with Crippen molar-refractivity contribution in [3.63, 3.8) is 0 Å². The molecule has 0 fully saturated rings. The Kier molecular flexibility index (Phi) is 3.61. The maximum Gasteiger partial charge on any atom is 0.259 e. The van der Waals surface area contributed by atoms with Crippen molar-refractivity contribution in [3.05, 3.63) is 42.2 Å². The molecule has 7 nitrogen and oxygen atoms in total. The minimum Gasteiger partial charge on any atom is -0.493 e. The highest BCUT2D eigenvalue weighted by Gasteiger charge is 2.17. The highest BCUT2D eigenvalue weighted by Crippen LogP contribution is 2.31. The number of methoxy groups -OCH3 is 2. The van der Waals surface area contributed by atoms with Crippen LogP contribution in [0.15, 0.2) is 36.7 Å². The second-order valence-electron chi connectivity index (χ2n) is 4.49. The number of fused-ring (bicyclic) bond motifs is 1. The molecular formula is C15H14N4O3. The second kappa shape index (κ2) is 5.72. The number of anilines is 1. The number of aromatic amines is 1. The lowest BCUT2D eigenvalue weighted by Gasteiger charge is -2.12. The van der Waals surface area contributed by atoms with E-state index in [0.717, 1.165) is 5.39 Å². The van der Waals surface area contributed by atoms with Crippen LogP contribution in [0, 0.1) is 0 Å². The Hall–Kier alpha value is -3.09. The van der Waals surface area contributed by atoms with Gasteiger partial charge in [0.2, 0.25) is 0 Å². The van der Waals surface area contributed by atoms with E-state index >= 15 is 0 Å². The van der Waals surface area contributed by atoms with Crippen molar-refractivity contribution in [1.29, 1.82) is 0 Å². The molecule has 2 aromatic heterocycles. The fourth-order valence-corrected chi connectivity index (χ4v) is 2.22. The predicted octanol–water partition coefficient (Wildman–Crippen LogP) is 2.23. The number of hydrogen-bond donors (Lipinski definition) is 2. The Balaban J connectivity index is 1.97. The molecule has 7 heteroatoms. The minimum atomic E-state index is -0.301. The van der Waals surface area contributed by atoms with Crippen LogP contribution in [-0.2, 0) is 0 Å². The van der Waals surface area contributed by atoms with Gasteiger partial charge >= 0.3 is 0 Å². The summed E-state index contributed by atoms with van der Waals surface area (Å²) in [6, 6.07) is 6.85. The van der Waals surface area contributed by atoms with Gasteiger partial charge in [-0.1, -0.05) is 6.07 Å². The molecule has 0 atom stereocenters. The molecule has 0 aliphatic heterocycles. The molecule has 0 aliphatic rings. The smallest absolute Gasteiger partial charge is 0.259 e. The van der Waals surface area contributed by atoms with Crippen molar-refractivity contribution >= 4 is 22.6 Å². The number of hydrogen-bond acceptors (Lipinski definition) is 5. The topological polar surface area (TPSA) is 89.1 Å². The van der Waals surface area contributed by atoms with E-state index in [2.05, 4.69) is 20.5 Å². The van der Waals surface area contributed by atoms with Crippen LogP contribution in [0.25, 0.3) is 11.0 Å². The Labute approximate surface area is 126 Å². The van der Waals surface area contributed by atoms with Gasteiger partial charge in [-0.25, -0.2) is 4.98 Å². The number of carbonyl (C=O) groups is 1. The van der Waals surface area contributed by atoms with E-state index in [-0.39, 0.29) is 5.91 Å². The van der Waals surface area contributed by atoms with Crippen LogP contribution < -0.4 is 14.8 Å². The number of benzene rings is 1. The predicted molar refractivity (Wildman–Crippen MR) is 81.4 cm³/mol. The third-order valence-electron chi connectivity index (χ3n) is 3.25. The molecule has 0 unspecified atom stereocenters. The molecule has 0 saturated heterocycles. The molecule has 0 saturated carbocycles. The van der Waals surface area contributed by atoms with Gasteiger partial charge < -0.3 is 14.8 Å². The summed E-state index contributed by atoms with van der Waals surface area (Å²) < 4.78 is 10.5. The van der Waals surface area contributed by atoms with E-state index in [4.69, 9.17) is 9.47 Å². The maximum absolute atomic E-state index is 12.5. The van der Waals surface area contributed by atoms with Gasteiger partial charge in [0.15, 0.2) is 17.1 Å². The van der Waals surface area contributed by atoms with Crippen molar-refractivity contribution in [2.24, 2.45) is 0 Å². The first-order valence-electron chi connectivity index (χ1n) is 6.55. The first-order chi connectivity index (χ1) is 10.7. The highest BCUT2D eigenvalue weighted by atomic mass is 16.5. The van der Waals surface area contributed by atoms with Crippen LogP contribution in [0.4, 0.5) is 5.69 Å². The van der Waals surface area contributed by atoms with Crippen LogP contribution in [0.3, 0.4) is 0 Å². The minimum absolute atomic E-state index is 0.301. The number of pyridine rings is 1. The molecule has 0 spiro atoms. The lowest BCUT2D eigenvalue weighted by molar-refractivity contribution is 0.102. The monoisotopic (exact) mass is 298 g/mol. The first-order valence-corrected chi connectivity index (χ1v) is 6.55. The summed E-state index contributed by atoms with van der Waals surface area (Å²) in [5.74, 6) is 0.586. The molecule has 1 amide bonds. The number of aromatic nitrogens is 3. The third kappa shape index (κ3) is 2.32. The summed E-state index contributed by atoms with van der Waals surface area (Å²) in [4.78, 5) is 16.7. The van der Waals surface area contributed by atoms with Crippen molar-refractivity contribution in [2.75, 3.05) is 19.5 Å². The number of ether oxygens (including phenoxy) is 2. The molecule has 0 bridgehead atoms. The van der Waals surface area contributed by atoms with Crippen LogP contribution in [0.2, 0.25) is 0 Å². The van der Waals surface area contributed by atoms with Gasteiger partial charge in [-0.3, -0.25) is 9.89 Å². The van der Waals surface area contributed by atoms with Gasteiger partial charge in [-0.05, 0) is 18.2 Å². The van der Waals surface area contributed by atoms with Gasteiger partial charge in [0.1, 0.15) is 0 Å². The largest absolute Gasteiger partial charge is 0.493 e. The number of para-hydroxylation sites is 1. The fourth-order valence-electron chi connectivity index (χ4n) is 2.22. The number of rotatable bonds is 4. The first kappa shape index (κ1) is 13.9. The Morgan fingerprint density at radius 2 is 2.09 bits per heavy atom. The van der Waals surface area contributed by atoms with Gasteiger partial charge in [-0.15, -0.1) is 0 Å². The molecule has 0 aliphatic carbocycles. The second-order valence-corrected chi connectivity index (χ2v) is 4.49. The Morgan fingerprint density at radius 1 is 1.23 bits per heavy atom. The zero-order chi connectivity index (χ0) is 15.5. The lowest BCUT2D eigenvalue weighted by Crippen LogP contribution is -2.13. The number of nitrogens with zero attached hydrogens (tertiary/aromatic N) is 2. The normalized spacial score (nSPS) is 10.5. The zero-order valence-electron chi connectivity index (χ0n) is 12.1. The van der Waals surface area contributed by atoms with Gasteiger partial charge in [0, 0.05) is 6.20 Å². The van der Waals surface area contributed by atoms with Crippen LogP contribution in [0.1, 0.15) is 10.4 Å². The van der Waals surface area contributed by atoms with Crippen molar-refractivity contribution < 1.29 is 14.3 Å². The molecule has 3 aromatic rings. The van der Waals surface area contributed by atoms with Crippen molar-refractivity contribution in [1.82, 2.24) is 15.2 Å². The average Bonchev–Trinajstić information content (AvgIpc) is 3.03. The van der Waals surface area contributed by atoms with E-state index in [0.29, 0.717) is 28.4 Å². The molecule has 2 N–H and O–H groups in total. The number of H-pyrrole nitrogens is 1. The number of carbonyl (C=O) groups excluding carboxylic acids is 1. The molecule has 2 heterocycles. The Bertz CT molecular complexity index is 829. The molecule has 3 rings (SSSR count). The molecular weight excluding hydrogens is 284 g/mol. The summed E-state index contributed by atoms with van der Waals surface area (Å²) in [7, 11) is 3.02. The van der Waals surface area contributed by atoms with Crippen LogP contribution in [-0.4, -0.2) is 35.3 Å². The molecule has 22 heavy (non-hydrogen) atoms. The summed E-state index contributed by atoms with van der Waals surface area (Å²) in [5, 5.41) is 10.2.